The van der Waals surface area contributed by atoms with Gasteiger partial charge in [-0.1, -0.05) is 23.7 Å². The molecule has 1 aromatic rings. The van der Waals surface area contributed by atoms with Gasteiger partial charge in [0.05, 0.1) is 10.7 Å². The van der Waals surface area contributed by atoms with E-state index < -0.39 is 10.2 Å². The van der Waals surface area contributed by atoms with Crippen LogP contribution < -0.4 is 4.72 Å². The van der Waals surface area contributed by atoms with Crippen molar-refractivity contribution in [3.05, 3.63) is 28.8 Å². The molecule has 102 valence electrons. The van der Waals surface area contributed by atoms with E-state index in [4.69, 9.17) is 16.7 Å². The smallest absolute Gasteiger partial charge is 0.301 e. The predicted octanol–water partition coefficient (Wildman–Crippen LogP) is 1.62. The van der Waals surface area contributed by atoms with Gasteiger partial charge in [0, 0.05) is 20.2 Å². The summed E-state index contributed by atoms with van der Waals surface area (Å²) in [5.74, 6) is 0. The van der Waals surface area contributed by atoms with Crippen molar-refractivity contribution < 1.29 is 13.5 Å². The minimum absolute atomic E-state index is 0.0506. The van der Waals surface area contributed by atoms with E-state index in [9.17, 15) is 8.42 Å². The number of rotatable bonds is 6. The van der Waals surface area contributed by atoms with E-state index in [1.807, 2.05) is 0 Å². The second-order valence-corrected chi connectivity index (χ2v) is 6.12. The molecule has 5 nitrogen and oxygen atoms in total. The summed E-state index contributed by atoms with van der Waals surface area (Å²) in [6.45, 7) is 1.97. The Morgan fingerprint density at radius 1 is 1.44 bits per heavy atom. The fraction of sp³-hybridized carbons (Fsp3) is 0.455. The van der Waals surface area contributed by atoms with Gasteiger partial charge in [-0.25, -0.2) is 0 Å². The molecule has 0 spiro atoms. The van der Waals surface area contributed by atoms with Crippen LogP contribution in [0.4, 0.5) is 5.69 Å². The second-order valence-electron chi connectivity index (χ2n) is 3.94. The van der Waals surface area contributed by atoms with Crippen LogP contribution in [0.5, 0.6) is 0 Å². The molecule has 0 atom stereocenters. The van der Waals surface area contributed by atoms with Gasteiger partial charge in [0.15, 0.2) is 0 Å². The number of anilines is 1. The number of benzene rings is 1. The quantitative estimate of drug-likeness (QED) is 0.837. The van der Waals surface area contributed by atoms with Crippen LogP contribution in [-0.2, 0) is 10.2 Å². The van der Waals surface area contributed by atoms with Gasteiger partial charge < -0.3 is 5.11 Å². The molecule has 7 heteroatoms. The SMILES string of the molecule is Cc1cccc(Cl)c1NS(=O)(=O)N(C)CCCO. The van der Waals surface area contributed by atoms with Crippen LogP contribution in [0, 0.1) is 6.92 Å². The Morgan fingerprint density at radius 3 is 2.67 bits per heavy atom. The highest BCUT2D eigenvalue weighted by Crippen LogP contribution is 2.26. The summed E-state index contributed by atoms with van der Waals surface area (Å²) in [7, 11) is -2.19. The molecule has 18 heavy (non-hydrogen) atoms. The molecule has 2 N–H and O–H groups in total. The maximum absolute atomic E-state index is 12.0. The summed E-state index contributed by atoms with van der Waals surface area (Å²) >= 11 is 5.96. The van der Waals surface area contributed by atoms with Crippen molar-refractivity contribution in [2.24, 2.45) is 0 Å². The summed E-state index contributed by atoms with van der Waals surface area (Å²) in [5, 5.41) is 9.05. The van der Waals surface area contributed by atoms with Crippen LogP contribution in [0.25, 0.3) is 0 Å². The number of aliphatic hydroxyl groups excluding tert-OH is 1. The number of aryl methyl sites for hydroxylation is 1. The van der Waals surface area contributed by atoms with Crippen LogP contribution in [0.2, 0.25) is 5.02 Å². The third kappa shape index (κ3) is 3.84. The van der Waals surface area contributed by atoms with E-state index >= 15 is 0 Å². The predicted molar refractivity (Wildman–Crippen MR) is 73.1 cm³/mol. The number of nitrogens with zero attached hydrogens (tertiary/aromatic N) is 1. The third-order valence-corrected chi connectivity index (χ3v) is 4.27. The maximum atomic E-state index is 12.0. The first-order chi connectivity index (χ1) is 8.38. The Kier molecular flexibility index (Phi) is 5.40. The molecular formula is C11H17ClN2O3S. The maximum Gasteiger partial charge on any atom is 0.301 e. The lowest BCUT2D eigenvalue weighted by Gasteiger charge is -2.19. The van der Waals surface area contributed by atoms with Crippen molar-refractivity contribution >= 4 is 27.5 Å². The summed E-state index contributed by atoms with van der Waals surface area (Å²) in [6.07, 6.45) is 0.388. The number of hydrogen-bond donors (Lipinski definition) is 2. The molecular weight excluding hydrogens is 276 g/mol. The molecule has 0 bridgehead atoms. The number of para-hydroxylation sites is 1. The summed E-state index contributed by atoms with van der Waals surface area (Å²) in [5.41, 5.74) is 1.14. The molecule has 1 rings (SSSR count). The minimum Gasteiger partial charge on any atom is -0.396 e. The highest BCUT2D eigenvalue weighted by atomic mass is 35.5. The van der Waals surface area contributed by atoms with Gasteiger partial charge in [-0.15, -0.1) is 0 Å². The topological polar surface area (TPSA) is 69.6 Å². The highest BCUT2D eigenvalue weighted by molar-refractivity contribution is 7.90. The summed E-state index contributed by atoms with van der Waals surface area (Å²) in [6, 6.07) is 5.16. The first-order valence-corrected chi connectivity index (χ1v) is 7.30. The van der Waals surface area contributed by atoms with Crippen molar-refractivity contribution in [3.8, 4) is 0 Å². The molecule has 0 amide bonds. The molecule has 0 unspecified atom stereocenters. The molecule has 0 aliphatic carbocycles. The van der Waals surface area contributed by atoms with Crippen LogP contribution in [0.3, 0.4) is 0 Å². The lowest BCUT2D eigenvalue weighted by Crippen LogP contribution is -2.33. The first kappa shape index (κ1) is 15.2. The van der Waals surface area contributed by atoms with Gasteiger partial charge in [0.1, 0.15) is 0 Å². The van der Waals surface area contributed by atoms with Gasteiger partial charge in [0.25, 0.3) is 0 Å². The van der Waals surface area contributed by atoms with E-state index in [0.717, 1.165) is 9.87 Å². The Hall–Kier alpha value is -0.820. The Morgan fingerprint density at radius 2 is 2.11 bits per heavy atom. The fourth-order valence-corrected chi connectivity index (χ4v) is 2.76. The van der Waals surface area contributed by atoms with Gasteiger partial charge >= 0.3 is 10.2 Å². The van der Waals surface area contributed by atoms with Crippen LogP contribution in [0.15, 0.2) is 18.2 Å². The van der Waals surface area contributed by atoms with E-state index in [-0.39, 0.29) is 13.2 Å². The standard InChI is InChI=1S/C11H17ClN2O3S/c1-9-5-3-6-10(12)11(9)13-18(16,17)14(2)7-4-8-15/h3,5-6,13,15H,4,7-8H2,1-2H3. The molecule has 0 aromatic heterocycles. The summed E-state index contributed by atoms with van der Waals surface area (Å²) < 4.78 is 27.6. The summed E-state index contributed by atoms with van der Waals surface area (Å²) in [4.78, 5) is 0. The molecule has 0 fully saturated rings. The monoisotopic (exact) mass is 292 g/mol. The third-order valence-electron chi connectivity index (χ3n) is 2.49. The largest absolute Gasteiger partial charge is 0.396 e. The average molecular weight is 293 g/mol. The molecule has 0 saturated carbocycles. The molecule has 0 aliphatic heterocycles. The molecule has 1 aromatic carbocycles. The van der Waals surface area contributed by atoms with Crippen molar-refractivity contribution in [2.45, 2.75) is 13.3 Å². The highest BCUT2D eigenvalue weighted by Gasteiger charge is 2.19. The van der Waals surface area contributed by atoms with Gasteiger partial charge in [0.2, 0.25) is 0 Å². The fourth-order valence-electron chi connectivity index (χ4n) is 1.38. The van der Waals surface area contributed by atoms with Gasteiger partial charge in [-0.3, -0.25) is 4.72 Å². The number of nitrogens with one attached hydrogen (secondary N) is 1. The van der Waals surface area contributed by atoms with Crippen molar-refractivity contribution in [1.82, 2.24) is 4.31 Å². The normalized spacial score (nSPS) is 11.8. The van der Waals surface area contributed by atoms with Crippen LogP contribution in [0.1, 0.15) is 12.0 Å². The number of halogens is 1. The molecule has 0 aliphatic rings. The Bertz CT molecular complexity index is 485. The molecule has 0 heterocycles. The molecule has 0 radical (unpaired) electrons. The van der Waals surface area contributed by atoms with Crippen LogP contribution in [-0.4, -0.2) is 38.0 Å². The number of aliphatic hydroxyl groups is 1. The van der Waals surface area contributed by atoms with Crippen molar-refractivity contribution in [3.63, 3.8) is 0 Å². The average Bonchev–Trinajstić information content (AvgIpc) is 2.31. The zero-order chi connectivity index (χ0) is 13.8. The van der Waals surface area contributed by atoms with Crippen molar-refractivity contribution in [2.75, 3.05) is 24.9 Å². The second kappa shape index (κ2) is 6.38. The lowest BCUT2D eigenvalue weighted by molar-refractivity contribution is 0.276. The first-order valence-electron chi connectivity index (χ1n) is 5.48. The van der Waals surface area contributed by atoms with Crippen LogP contribution >= 0.6 is 11.6 Å². The van der Waals surface area contributed by atoms with E-state index in [2.05, 4.69) is 4.72 Å². The number of hydrogen-bond acceptors (Lipinski definition) is 3. The molecule has 0 saturated heterocycles. The zero-order valence-corrected chi connectivity index (χ0v) is 11.9. The van der Waals surface area contributed by atoms with Crippen molar-refractivity contribution in [1.29, 1.82) is 0 Å². The van der Waals surface area contributed by atoms with Gasteiger partial charge in [-0.2, -0.15) is 12.7 Å². The van der Waals surface area contributed by atoms with E-state index in [1.165, 1.54) is 7.05 Å². The minimum atomic E-state index is -3.64. The van der Waals surface area contributed by atoms with E-state index in [0.29, 0.717) is 17.1 Å². The van der Waals surface area contributed by atoms with E-state index in [1.54, 1.807) is 25.1 Å². The lowest BCUT2D eigenvalue weighted by atomic mass is 10.2. The Balaban J connectivity index is 2.89. The van der Waals surface area contributed by atoms with Gasteiger partial charge in [-0.05, 0) is 25.0 Å². The Labute approximate surface area is 113 Å². The zero-order valence-electron chi connectivity index (χ0n) is 10.4.